The van der Waals surface area contributed by atoms with Gasteiger partial charge in [0.1, 0.15) is 11.5 Å². The minimum Gasteiger partial charge on any atom is -0.381 e. The molecule has 2 heterocycles. The molecule has 18 heavy (non-hydrogen) atoms. The molecule has 2 rings (SSSR count). The normalized spacial score (nSPS) is 24.0. The lowest BCUT2D eigenvalue weighted by atomic mass is 10.1. The van der Waals surface area contributed by atoms with Gasteiger partial charge in [-0.05, 0) is 12.8 Å². The van der Waals surface area contributed by atoms with Gasteiger partial charge in [0.25, 0.3) is 0 Å². The van der Waals surface area contributed by atoms with Crippen molar-refractivity contribution in [3.63, 3.8) is 0 Å². The smallest absolute Gasteiger partial charge is 0.235 e. The van der Waals surface area contributed by atoms with Crippen LogP contribution in [0, 0.1) is 0 Å². The summed E-state index contributed by atoms with van der Waals surface area (Å²) in [7, 11) is -1.10. The molecule has 0 radical (unpaired) electrons. The number of carbonyl (C=O) groups is 2. The van der Waals surface area contributed by atoms with Crippen molar-refractivity contribution in [1.82, 2.24) is 4.90 Å². The fourth-order valence-corrected chi connectivity index (χ4v) is 3.66. The number of carbonyl (C=O) groups excluding carboxylic acids is 2. The molecule has 2 fully saturated rings. The van der Waals surface area contributed by atoms with Crippen molar-refractivity contribution >= 4 is 22.5 Å². The minimum atomic E-state index is -1.10. The molecular formula is C12H19NO4S. The van der Waals surface area contributed by atoms with Gasteiger partial charge in [0.15, 0.2) is 0 Å². The zero-order valence-corrected chi connectivity index (χ0v) is 11.2. The Hall–Kier alpha value is -0.750. The minimum absolute atomic E-state index is 0.0766. The van der Waals surface area contributed by atoms with Crippen LogP contribution in [0.2, 0.25) is 0 Å². The molecule has 0 spiro atoms. The molecule has 0 aromatic heterocycles. The summed E-state index contributed by atoms with van der Waals surface area (Å²) in [5.41, 5.74) is 0. The van der Waals surface area contributed by atoms with Crippen LogP contribution in [-0.2, 0) is 25.1 Å². The van der Waals surface area contributed by atoms with Crippen LogP contribution in [0.15, 0.2) is 0 Å². The average molecular weight is 273 g/mol. The first-order valence-electron chi connectivity index (χ1n) is 6.41. The summed E-state index contributed by atoms with van der Waals surface area (Å²) in [5, 5.41) is 0.0918. The van der Waals surface area contributed by atoms with Crippen LogP contribution in [-0.4, -0.2) is 58.1 Å². The number of ketones is 1. The van der Waals surface area contributed by atoms with E-state index in [2.05, 4.69) is 0 Å². The van der Waals surface area contributed by atoms with E-state index in [4.69, 9.17) is 4.74 Å². The Balaban J connectivity index is 1.79. The molecule has 5 nitrogen and oxygen atoms in total. The number of amides is 1. The highest BCUT2D eigenvalue weighted by atomic mass is 32.2. The van der Waals surface area contributed by atoms with E-state index < -0.39 is 10.8 Å². The van der Waals surface area contributed by atoms with Gasteiger partial charge >= 0.3 is 0 Å². The van der Waals surface area contributed by atoms with Gasteiger partial charge < -0.3 is 9.64 Å². The molecule has 2 aliphatic rings. The van der Waals surface area contributed by atoms with Crippen molar-refractivity contribution < 1.29 is 18.5 Å². The first-order valence-corrected chi connectivity index (χ1v) is 7.79. The molecule has 0 bridgehead atoms. The molecule has 0 N–H and O–H groups in total. The van der Waals surface area contributed by atoms with E-state index in [0.717, 1.165) is 12.8 Å². The van der Waals surface area contributed by atoms with Crippen LogP contribution in [0.25, 0.3) is 0 Å². The van der Waals surface area contributed by atoms with E-state index in [-0.39, 0.29) is 22.7 Å². The van der Waals surface area contributed by atoms with Crippen LogP contribution < -0.4 is 0 Å². The highest BCUT2D eigenvalue weighted by molar-refractivity contribution is 7.86. The maximum absolute atomic E-state index is 12.1. The van der Waals surface area contributed by atoms with Crippen LogP contribution in [0.5, 0.6) is 0 Å². The van der Waals surface area contributed by atoms with Gasteiger partial charge in [0, 0.05) is 55.2 Å². The standard InChI is InChI=1S/C12H19NO4S/c14-10-1-5-13(6-2-10)12(15)9-18(16)11-3-7-17-8-4-11/h11H,1-9H2. The van der Waals surface area contributed by atoms with Gasteiger partial charge in [-0.3, -0.25) is 13.8 Å². The molecule has 0 aromatic rings. The van der Waals surface area contributed by atoms with E-state index in [1.165, 1.54) is 0 Å². The third-order valence-electron chi connectivity index (χ3n) is 3.48. The first kappa shape index (κ1) is 13.7. The summed E-state index contributed by atoms with van der Waals surface area (Å²) >= 11 is 0. The molecule has 0 aromatic carbocycles. The van der Waals surface area contributed by atoms with E-state index in [1.54, 1.807) is 4.90 Å². The first-order chi connectivity index (χ1) is 8.66. The monoisotopic (exact) mass is 273 g/mol. The van der Waals surface area contributed by atoms with Crippen LogP contribution in [0.4, 0.5) is 0 Å². The number of ether oxygens (including phenoxy) is 1. The van der Waals surface area contributed by atoms with Crippen LogP contribution in [0.1, 0.15) is 25.7 Å². The lowest BCUT2D eigenvalue weighted by Gasteiger charge is -2.27. The second kappa shape index (κ2) is 6.43. The molecule has 1 amide bonds. The third kappa shape index (κ3) is 3.62. The van der Waals surface area contributed by atoms with Crippen LogP contribution >= 0.6 is 0 Å². The average Bonchev–Trinajstić information content (AvgIpc) is 2.40. The lowest BCUT2D eigenvalue weighted by Crippen LogP contribution is -2.42. The topological polar surface area (TPSA) is 63.7 Å². The van der Waals surface area contributed by atoms with E-state index >= 15 is 0 Å². The summed E-state index contributed by atoms with van der Waals surface area (Å²) in [6, 6.07) is 0. The van der Waals surface area contributed by atoms with Gasteiger partial charge in [-0.1, -0.05) is 0 Å². The quantitative estimate of drug-likeness (QED) is 0.732. The molecule has 0 aliphatic carbocycles. The van der Waals surface area contributed by atoms with Gasteiger partial charge in [-0.15, -0.1) is 0 Å². The maximum atomic E-state index is 12.1. The molecule has 6 heteroatoms. The number of Topliss-reactive ketones (excluding diaryl/α,β-unsaturated/α-hetero) is 1. The summed E-state index contributed by atoms with van der Waals surface area (Å²) in [6.45, 7) is 2.26. The predicted molar refractivity (Wildman–Crippen MR) is 67.7 cm³/mol. The Morgan fingerprint density at radius 2 is 1.89 bits per heavy atom. The number of nitrogens with zero attached hydrogens (tertiary/aromatic N) is 1. The summed E-state index contributed by atoms with van der Waals surface area (Å²) < 4.78 is 17.3. The molecule has 0 saturated carbocycles. The summed E-state index contributed by atoms with van der Waals surface area (Å²) in [6.07, 6.45) is 2.43. The molecule has 102 valence electrons. The number of piperidine rings is 1. The van der Waals surface area contributed by atoms with E-state index in [0.29, 0.717) is 39.1 Å². The number of hydrogen-bond donors (Lipinski definition) is 0. The second-order valence-electron chi connectivity index (χ2n) is 4.76. The Morgan fingerprint density at radius 3 is 2.50 bits per heavy atom. The van der Waals surface area contributed by atoms with Crippen molar-refractivity contribution in [1.29, 1.82) is 0 Å². The summed E-state index contributed by atoms with van der Waals surface area (Å²) in [4.78, 5) is 24.7. The third-order valence-corrected chi connectivity index (χ3v) is 5.23. The van der Waals surface area contributed by atoms with E-state index in [1.807, 2.05) is 0 Å². The number of hydrogen-bond acceptors (Lipinski definition) is 4. The van der Waals surface area contributed by atoms with Crippen molar-refractivity contribution in [2.24, 2.45) is 0 Å². The predicted octanol–water partition coefficient (Wildman–Crippen LogP) is 0.106. The fourth-order valence-electron chi connectivity index (χ4n) is 2.28. The Labute approximate surface area is 109 Å². The van der Waals surface area contributed by atoms with Crippen LogP contribution in [0.3, 0.4) is 0 Å². The SMILES string of the molecule is O=C1CCN(C(=O)CS(=O)C2CCOCC2)CC1. The number of rotatable bonds is 3. The molecule has 1 atom stereocenters. The maximum Gasteiger partial charge on any atom is 0.235 e. The number of likely N-dealkylation sites (tertiary alicyclic amines) is 1. The van der Waals surface area contributed by atoms with Gasteiger partial charge in [0.05, 0.1) is 0 Å². The molecule has 1 unspecified atom stereocenters. The molecule has 2 aliphatic heterocycles. The lowest BCUT2D eigenvalue weighted by molar-refractivity contribution is -0.132. The van der Waals surface area contributed by atoms with Gasteiger partial charge in [-0.2, -0.15) is 0 Å². The zero-order valence-electron chi connectivity index (χ0n) is 10.4. The van der Waals surface area contributed by atoms with E-state index in [9.17, 15) is 13.8 Å². The van der Waals surface area contributed by atoms with Crippen molar-refractivity contribution in [3.8, 4) is 0 Å². The second-order valence-corrected chi connectivity index (χ2v) is 6.47. The van der Waals surface area contributed by atoms with Crippen molar-refractivity contribution in [3.05, 3.63) is 0 Å². The zero-order chi connectivity index (χ0) is 13.0. The molecule has 2 saturated heterocycles. The Bertz CT molecular complexity index is 342. The fraction of sp³-hybridized carbons (Fsp3) is 0.833. The summed E-state index contributed by atoms with van der Waals surface area (Å²) in [5.74, 6) is 0.232. The highest BCUT2D eigenvalue weighted by Gasteiger charge is 2.26. The van der Waals surface area contributed by atoms with Gasteiger partial charge in [0.2, 0.25) is 5.91 Å². The van der Waals surface area contributed by atoms with Gasteiger partial charge in [-0.25, -0.2) is 0 Å². The molecular weight excluding hydrogens is 254 g/mol. The largest absolute Gasteiger partial charge is 0.381 e. The Morgan fingerprint density at radius 1 is 1.28 bits per heavy atom. The Kier molecular flexibility index (Phi) is 4.88. The van der Waals surface area contributed by atoms with Crippen molar-refractivity contribution in [2.75, 3.05) is 32.1 Å². The highest BCUT2D eigenvalue weighted by Crippen LogP contribution is 2.14. The van der Waals surface area contributed by atoms with Crippen molar-refractivity contribution in [2.45, 2.75) is 30.9 Å².